The van der Waals surface area contributed by atoms with Crippen LogP contribution in [0.5, 0.6) is 5.75 Å². The van der Waals surface area contributed by atoms with Gasteiger partial charge in [0.1, 0.15) is 22.9 Å². The maximum Gasteiger partial charge on any atom is 0.328 e. The van der Waals surface area contributed by atoms with Crippen molar-refractivity contribution in [3.8, 4) is 5.75 Å². The first kappa shape index (κ1) is 20.3. The van der Waals surface area contributed by atoms with Gasteiger partial charge in [-0.1, -0.05) is 18.2 Å². The second kappa shape index (κ2) is 8.07. The molecular formula is C23H27FN4O2. The molecule has 2 aliphatic rings. The van der Waals surface area contributed by atoms with Gasteiger partial charge < -0.3 is 4.74 Å². The lowest BCUT2D eigenvalue weighted by Gasteiger charge is -2.43. The molecule has 158 valence electrons. The maximum atomic E-state index is 13.8. The zero-order valence-corrected chi connectivity index (χ0v) is 17.3. The van der Waals surface area contributed by atoms with E-state index in [1.807, 2.05) is 26.0 Å². The Morgan fingerprint density at radius 2 is 1.90 bits per heavy atom. The van der Waals surface area contributed by atoms with E-state index < -0.39 is 11.4 Å². The quantitative estimate of drug-likeness (QED) is 0.778. The maximum absolute atomic E-state index is 13.8. The van der Waals surface area contributed by atoms with Crippen molar-refractivity contribution in [3.05, 3.63) is 59.9 Å². The number of rotatable bonds is 5. The molecule has 2 aromatic carbocycles. The molecule has 0 bridgehead atoms. The molecule has 0 radical (unpaired) electrons. The molecular weight excluding hydrogens is 383 g/mol. The minimum absolute atomic E-state index is 0.127. The standard InChI is InChI=1S/C23H27FN4O2/c1-16(2)30-20-8-3-5-17(13-20)15-27-11-9-23(10-12-27)21(25)26-22(29)28(23)19-7-4-6-18(24)14-19/h3-8,13-14,16H,9-12,15H2,1-2H3,(H2,25,26,29). The van der Waals surface area contributed by atoms with Crippen molar-refractivity contribution in [3.63, 3.8) is 0 Å². The summed E-state index contributed by atoms with van der Waals surface area (Å²) < 4.78 is 19.6. The lowest BCUT2D eigenvalue weighted by atomic mass is 9.85. The first-order chi connectivity index (χ1) is 14.4. The number of hydrogen-bond donors (Lipinski definition) is 2. The molecule has 7 heteroatoms. The minimum Gasteiger partial charge on any atom is -0.491 e. The summed E-state index contributed by atoms with van der Waals surface area (Å²) in [5, 5.41) is 11.1. The van der Waals surface area contributed by atoms with Crippen LogP contribution in [0.2, 0.25) is 0 Å². The first-order valence-electron chi connectivity index (χ1n) is 10.3. The van der Waals surface area contributed by atoms with Crippen LogP contribution in [0.25, 0.3) is 0 Å². The number of benzene rings is 2. The number of nitrogens with zero attached hydrogens (tertiary/aromatic N) is 2. The van der Waals surface area contributed by atoms with Gasteiger partial charge >= 0.3 is 6.03 Å². The van der Waals surface area contributed by atoms with Gasteiger partial charge in [0.05, 0.1) is 6.10 Å². The number of carbonyl (C=O) groups excluding carboxylic acids is 1. The van der Waals surface area contributed by atoms with Gasteiger partial charge in [0.2, 0.25) is 0 Å². The molecule has 2 fully saturated rings. The van der Waals surface area contributed by atoms with Gasteiger partial charge in [0, 0.05) is 25.3 Å². The Labute approximate surface area is 176 Å². The highest BCUT2D eigenvalue weighted by Crippen LogP contribution is 2.37. The average molecular weight is 410 g/mol. The number of ether oxygens (including phenoxy) is 1. The van der Waals surface area contributed by atoms with E-state index >= 15 is 0 Å². The molecule has 1 spiro atoms. The minimum atomic E-state index is -0.746. The number of anilines is 1. The highest BCUT2D eigenvalue weighted by atomic mass is 19.1. The smallest absolute Gasteiger partial charge is 0.328 e. The van der Waals surface area contributed by atoms with E-state index in [-0.39, 0.29) is 18.0 Å². The van der Waals surface area contributed by atoms with Crippen molar-refractivity contribution >= 4 is 17.6 Å². The summed E-state index contributed by atoms with van der Waals surface area (Å²) in [6.07, 6.45) is 1.36. The van der Waals surface area contributed by atoms with E-state index in [1.165, 1.54) is 17.7 Å². The van der Waals surface area contributed by atoms with Crippen molar-refractivity contribution in [2.45, 2.75) is 44.9 Å². The predicted molar refractivity (Wildman–Crippen MR) is 115 cm³/mol. The van der Waals surface area contributed by atoms with Crippen LogP contribution in [0, 0.1) is 11.2 Å². The Morgan fingerprint density at radius 1 is 1.17 bits per heavy atom. The molecule has 2 amide bonds. The highest BCUT2D eigenvalue weighted by molar-refractivity contribution is 6.18. The summed E-state index contributed by atoms with van der Waals surface area (Å²) in [6.45, 7) is 6.26. The molecule has 0 aromatic heterocycles. The van der Waals surface area contributed by atoms with E-state index in [0.29, 0.717) is 18.5 Å². The van der Waals surface area contributed by atoms with E-state index in [0.717, 1.165) is 25.4 Å². The van der Waals surface area contributed by atoms with E-state index in [9.17, 15) is 9.18 Å². The molecule has 0 atom stereocenters. The number of urea groups is 1. The Bertz CT molecular complexity index is 954. The van der Waals surface area contributed by atoms with Crippen LogP contribution in [-0.4, -0.2) is 41.5 Å². The lowest BCUT2D eigenvalue weighted by molar-refractivity contribution is 0.183. The summed E-state index contributed by atoms with van der Waals surface area (Å²) in [6, 6.07) is 13.8. The van der Waals surface area contributed by atoms with Gasteiger partial charge in [-0.2, -0.15) is 0 Å². The summed E-state index contributed by atoms with van der Waals surface area (Å²) >= 11 is 0. The summed E-state index contributed by atoms with van der Waals surface area (Å²) in [5.74, 6) is 0.666. The number of piperidine rings is 1. The van der Waals surface area contributed by atoms with E-state index in [4.69, 9.17) is 10.1 Å². The fourth-order valence-electron chi connectivity index (χ4n) is 4.37. The van der Waals surface area contributed by atoms with Crippen molar-refractivity contribution in [1.82, 2.24) is 10.2 Å². The Hall–Kier alpha value is -2.93. The molecule has 30 heavy (non-hydrogen) atoms. The third-order valence-corrected chi connectivity index (χ3v) is 5.75. The van der Waals surface area contributed by atoms with Crippen LogP contribution in [0.3, 0.4) is 0 Å². The third kappa shape index (κ3) is 3.89. The van der Waals surface area contributed by atoms with Gasteiger partial charge in [-0.3, -0.25) is 20.5 Å². The number of amides is 2. The zero-order valence-electron chi connectivity index (χ0n) is 17.3. The molecule has 2 aliphatic heterocycles. The SMILES string of the molecule is CC(C)Oc1cccc(CN2CCC3(CC2)C(=N)NC(=O)N3c2cccc(F)c2)c1. The second-order valence-electron chi connectivity index (χ2n) is 8.24. The van der Waals surface area contributed by atoms with Crippen molar-refractivity contribution in [2.24, 2.45) is 0 Å². The number of carbonyl (C=O) groups is 1. The van der Waals surface area contributed by atoms with Gasteiger partial charge in [-0.25, -0.2) is 9.18 Å². The largest absolute Gasteiger partial charge is 0.491 e. The van der Waals surface area contributed by atoms with Crippen molar-refractivity contribution in [2.75, 3.05) is 18.0 Å². The molecule has 2 heterocycles. The van der Waals surface area contributed by atoms with Crippen LogP contribution >= 0.6 is 0 Å². The van der Waals surface area contributed by atoms with Crippen LogP contribution in [0.1, 0.15) is 32.3 Å². The summed E-state index contributed by atoms with van der Waals surface area (Å²) in [7, 11) is 0. The molecule has 2 aromatic rings. The number of amidine groups is 1. The number of hydrogen-bond acceptors (Lipinski definition) is 4. The van der Waals surface area contributed by atoms with Crippen LogP contribution in [-0.2, 0) is 6.54 Å². The monoisotopic (exact) mass is 410 g/mol. The normalized spacial score (nSPS) is 18.9. The fourth-order valence-corrected chi connectivity index (χ4v) is 4.37. The van der Waals surface area contributed by atoms with Crippen molar-refractivity contribution < 1.29 is 13.9 Å². The molecule has 0 aliphatic carbocycles. The Morgan fingerprint density at radius 3 is 2.60 bits per heavy atom. The van der Waals surface area contributed by atoms with E-state index in [2.05, 4.69) is 22.3 Å². The predicted octanol–water partition coefficient (Wildman–Crippen LogP) is 4.15. The van der Waals surface area contributed by atoms with Crippen LogP contribution in [0.15, 0.2) is 48.5 Å². The highest BCUT2D eigenvalue weighted by Gasteiger charge is 2.52. The topological polar surface area (TPSA) is 68.7 Å². The fraction of sp³-hybridized carbons (Fsp3) is 0.391. The second-order valence-corrected chi connectivity index (χ2v) is 8.24. The molecule has 6 nitrogen and oxygen atoms in total. The molecule has 0 unspecified atom stereocenters. The number of halogens is 1. The van der Waals surface area contributed by atoms with Gasteiger partial charge in [-0.15, -0.1) is 0 Å². The molecule has 2 saturated heterocycles. The van der Waals surface area contributed by atoms with Gasteiger partial charge in [-0.05, 0) is 62.6 Å². The van der Waals surface area contributed by atoms with E-state index in [1.54, 1.807) is 17.0 Å². The van der Waals surface area contributed by atoms with Crippen LogP contribution < -0.4 is 15.0 Å². The number of nitrogens with one attached hydrogen (secondary N) is 2. The van der Waals surface area contributed by atoms with Gasteiger partial charge in [0.25, 0.3) is 0 Å². The summed E-state index contributed by atoms with van der Waals surface area (Å²) in [4.78, 5) is 16.5. The Kier molecular flexibility index (Phi) is 5.47. The third-order valence-electron chi connectivity index (χ3n) is 5.75. The van der Waals surface area contributed by atoms with Crippen molar-refractivity contribution in [1.29, 1.82) is 5.41 Å². The Balaban J connectivity index is 1.48. The molecule has 2 N–H and O–H groups in total. The summed E-state index contributed by atoms with van der Waals surface area (Å²) in [5.41, 5.74) is 0.910. The first-order valence-corrected chi connectivity index (χ1v) is 10.3. The van der Waals surface area contributed by atoms with Crippen LogP contribution in [0.4, 0.5) is 14.9 Å². The van der Waals surface area contributed by atoms with Gasteiger partial charge in [0.15, 0.2) is 0 Å². The molecule has 4 rings (SSSR count). The average Bonchev–Trinajstić information content (AvgIpc) is 2.93. The lowest BCUT2D eigenvalue weighted by Crippen LogP contribution is -2.56. The number of likely N-dealkylation sites (tertiary alicyclic amines) is 1. The molecule has 0 saturated carbocycles. The zero-order chi connectivity index (χ0) is 21.3.